The van der Waals surface area contributed by atoms with Crippen LogP contribution in [0.2, 0.25) is 0 Å². The van der Waals surface area contributed by atoms with Gasteiger partial charge in [-0.25, -0.2) is 19.0 Å². The number of nitrogens with one attached hydrogen (secondary N) is 1. The van der Waals surface area contributed by atoms with Gasteiger partial charge in [0, 0.05) is 17.7 Å². The number of benzene rings is 1. The molecule has 0 unspecified atom stereocenters. The van der Waals surface area contributed by atoms with Crippen LogP contribution in [0.4, 0.5) is 10.2 Å². The minimum Gasteiger partial charge on any atom is -0.305 e. The molecule has 26 heavy (non-hydrogen) atoms. The fraction of sp³-hybridized carbons (Fsp3) is 0.263. The molecule has 134 valence electrons. The standard InChI is InChI=1S/C19H20FN5O/c1-12(2)17-21-8-7-16(23-17)19(26)24-18-13(3)10-22-25(18)11-14-5-4-6-15(20)9-14/h4-10,12H,11H2,1-3H3,(H,24,26). The van der Waals surface area contributed by atoms with Crippen LogP contribution in [0.1, 0.15) is 47.2 Å². The number of carbonyl (C=O) groups is 1. The molecule has 1 amide bonds. The molecule has 0 aliphatic carbocycles. The quantitative estimate of drug-likeness (QED) is 0.761. The normalized spacial score (nSPS) is 11.0. The molecule has 0 spiro atoms. The van der Waals surface area contributed by atoms with Crippen molar-refractivity contribution in [3.8, 4) is 0 Å². The molecule has 0 atom stereocenters. The summed E-state index contributed by atoms with van der Waals surface area (Å²) < 4.78 is 15.0. The summed E-state index contributed by atoms with van der Waals surface area (Å²) in [6.07, 6.45) is 3.24. The smallest absolute Gasteiger partial charge is 0.275 e. The van der Waals surface area contributed by atoms with Crippen molar-refractivity contribution >= 4 is 11.7 Å². The van der Waals surface area contributed by atoms with Gasteiger partial charge in [-0.15, -0.1) is 0 Å². The molecule has 1 N–H and O–H groups in total. The molecule has 3 aromatic rings. The molecule has 2 aromatic heterocycles. The number of anilines is 1. The number of hydrogen-bond acceptors (Lipinski definition) is 4. The Balaban J connectivity index is 1.83. The highest BCUT2D eigenvalue weighted by molar-refractivity contribution is 6.02. The first-order valence-electron chi connectivity index (χ1n) is 8.35. The third kappa shape index (κ3) is 3.93. The number of amides is 1. The number of nitrogens with zero attached hydrogens (tertiary/aromatic N) is 4. The molecule has 0 fully saturated rings. The van der Waals surface area contributed by atoms with Crippen molar-refractivity contribution in [2.45, 2.75) is 33.2 Å². The van der Waals surface area contributed by atoms with E-state index in [0.29, 0.717) is 23.9 Å². The summed E-state index contributed by atoms with van der Waals surface area (Å²) in [5.41, 5.74) is 1.86. The molecule has 7 heteroatoms. The highest BCUT2D eigenvalue weighted by atomic mass is 19.1. The molecular formula is C19H20FN5O. The third-order valence-corrected chi connectivity index (χ3v) is 3.90. The van der Waals surface area contributed by atoms with E-state index in [1.807, 2.05) is 26.8 Å². The van der Waals surface area contributed by atoms with Crippen LogP contribution in [0, 0.1) is 12.7 Å². The van der Waals surface area contributed by atoms with Crippen molar-refractivity contribution in [1.82, 2.24) is 19.7 Å². The lowest BCUT2D eigenvalue weighted by Gasteiger charge is -2.11. The van der Waals surface area contributed by atoms with Gasteiger partial charge in [0.05, 0.1) is 12.7 Å². The van der Waals surface area contributed by atoms with Crippen molar-refractivity contribution in [2.24, 2.45) is 0 Å². The number of carbonyl (C=O) groups excluding carboxylic acids is 1. The van der Waals surface area contributed by atoms with E-state index in [1.54, 1.807) is 29.2 Å². The fourth-order valence-electron chi connectivity index (χ4n) is 2.52. The summed E-state index contributed by atoms with van der Waals surface area (Å²) in [6.45, 7) is 6.14. The van der Waals surface area contributed by atoms with E-state index in [1.165, 1.54) is 12.1 Å². The Labute approximate surface area is 151 Å². The van der Waals surface area contributed by atoms with E-state index in [0.717, 1.165) is 11.1 Å². The second-order valence-electron chi connectivity index (χ2n) is 6.37. The first kappa shape index (κ1) is 17.7. The Morgan fingerprint density at radius 2 is 2.12 bits per heavy atom. The number of aromatic nitrogens is 4. The lowest BCUT2D eigenvalue weighted by atomic mass is 10.2. The summed E-state index contributed by atoms with van der Waals surface area (Å²) >= 11 is 0. The van der Waals surface area contributed by atoms with Crippen LogP contribution in [0.3, 0.4) is 0 Å². The zero-order valence-corrected chi connectivity index (χ0v) is 14.9. The predicted octanol–water partition coefficient (Wildman–Crippen LogP) is 3.54. The minimum absolute atomic E-state index is 0.128. The van der Waals surface area contributed by atoms with Gasteiger partial charge in [-0.3, -0.25) is 4.79 Å². The fourth-order valence-corrected chi connectivity index (χ4v) is 2.52. The van der Waals surface area contributed by atoms with Crippen LogP contribution < -0.4 is 5.32 Å². The highest BCUT2D eigenvalue weighted by Crippen LogP contribution is 2.18. The summed E-state index contributed by atoms with van der Waals surface area (Å²) in [5, 5.41) is 7.13. The molecule has 0 bridgehead atoms. The molecule has 2 heterocycles. The van der Waals surface area contributed by atoms with Gasteiger partial charge < -0.3 is 5.32 Å². The lowest BCUT2D eigenvalue weighted by molar-refractivity contribution is 0.102. The van der Waals surface area contributed by atoms with Gasteiger partial charge in [0.1, 0.15) is 23.2 Å². The monoisotopic (exact) mass is 353 g/mol. The Kier molecular flexibility index (Phi) is 5.06. The highest BCUT2D eigenvalue weighted by Gasteiger charge is 2.15. The Bertz CT molecular complexity index is 935. The number of hydrogen-bond donors (Lipinski definition) is 1. The van der Waals surface area contributed by atoms with E-state index in [4.69, 9.17) is 0 Å². The molecule has 0 radical (unpaired) electrons. The number of aryl methyl sites for hydroxylation is 1. The molecule has 1 aromatic carbocycles. The first-order chi connectivity index (χ1) is 12.4. The van der Waals surface area contributed by atoms with Crippen molar-refractivity contribution < 1.29 is 9.18 Å². The van der Waals surface area contributed by atoms with Gasteiger partial charge in [0.15, 0.2) is 0 Å². The topological polar surface area (TPSA) is 72.7 Å². The van der Waals surface area contributed by atoms with Crippen LogP contribution in [-0.2, 0) is 6.54 Å². The van der Waals surface area contributed by atoms with Crippen molar-refractivity contribution in [3.05, 3.63) is 71.2 Å². The average molecular weight is 353 g/mol. The lowest BCUT2D eigenvalue weighted by Crippen LogP contribution is -2.19. The van der Waals surface area contributed by atoms with Crippen LogP contribution in [0.25, 0.3) is 0 Å². The van der Waals surface area contributed by atoms with E-state index in [9.17, 15) is 9.18 Å². The SMILES string of the molecule is Cc1cnn(Cc2cccc(F)c2)c1NC(=O)c1ccnc(C(C)C)n1. The number of halogens is 1. The average Bonchev–Trinajstić information content (AvgIpc) is 2.95. The van der Waals surface area contributed by atoms with Crippen LogP contribution in [0.15, 0.2) is 42.7 Å². The molecule has 0 aliphatic heterocycles. The molecular weight excluding hydrogens is 333 g/mol. The Morgan fingerprint density at radius 3 is 2.85 bits per heavy atom. The maximum Gasteiger partial charge on any atom is 0.275 e. The van der Waals surface area contributed by atoms with E-state index in [-0.39, 0.29) is 17.6 Å². The van der Waals surface area contributed by atoms with Crippen LogP contribution in [-0.4, -0.2) is 25.7 Å². The zero-order valence-electron chi connectivity index (χ0n) is 14.9. The van der Waals surface area contributed by atoms with Crippen molar-refractivity contribution in [3.63, 3.8) is 0 Å². The third-order valence-electron chi connectivity index (χ3n) is 3.90. The molecule has 3 rings (SSSR count). The van der Waals surface area contributed by atoms with Crippen molar-refractivity contribution in [1.29, 1.82) is 0 Å². The summed E-state index contributed by atoms with van der Waals surface area (Å²) in [6, 6.07) is 7.87. The summed E-state index contributed by atoms with van der Waals surface area (Å²) in [5.74, 6) is 0.659. The van der Waals surface area contributed by atoms with E-state index >= 15 is 0 Å². The van der Waals surface area contributed by atoms with Gasteiger partial charge in [0.25, 0.3) is 5.91 Å². The second kappa shape index (κ2) is 7.43. The maximum atomic E-state index is 13.4. The summed E-state index contributed by atoms with van der Waals surface area (Å²) in [4.78, 5) is 21.1. The summed E-state index contributed by atoms with van der Waals surface area (Å²) in [7, 11) is 0. The molecule has 0 saturated heterocycles. The minimum atomic E-state index is -0.335. The first-order valence-corrected chi connectivity index (χ1v) is 8.35. The Morgan fingerprint density at radius 1 is 1.31 bits per heavy atom. The Hall–Kier alpha value is -3.09. The molecule has 6 nitrogen and oxygen atoms in total. The van der Waals surface area contributed by atoms with Gasteiger partial charge in [0.2, 0.25) is 0 Å². The van der Waals surface area contributed by atoms with Crippen molar-refractivity contribution in [2.75, 3.05) is 5.32 Å². The second-order valence-corrected chi connectivity index (χ2v) is 6.37. The molecule has 0 aliphatic rings. The van der Waals surface area contributed by atoms with Gasteiger partial charge in [-0.2, -0.15) is 5.10 Å². The maximum absolute atomic E-state index is 13.4. The number of rotatable bonds is 5. The van der Waals surface area contributed by atoms with Crippen LogP contribution in [0.5, 0.6) is 0 Å². The van der Waals surface area contributed by atoms with Gasteiger partial charge in [-0.1, -0.05) is 26.0 Å². The van der Waals surface area contributed by atoms with Gasteiger partial charge in [-0.05, 0) is 30.7 Å². The zero-order chi connectivity index (χ0) is 18.7. The van der Waals surface area contributed by atoms with Gasteiger partial charge >= 0.3 is 0 Å². The molecule has 0 saturated carbocycles. The largest absolute Gasteiger partial charge is 0.305 e. The van der Waals surface area contributed by atoms with E-state index in [2.05, 4.69) is 20.4 Å². The van der Waals surface area contributed by atoms with Crippen LogP contribution >= 0.6 is 0 Å². The predicted molar refractivity (Wildman–Crippen MR) is 96.5 cm³/mol. The van der Waals surface area contributed by atoms with E-state index < -0.39 is 0 Å².